The lowest BCUT2D eigenvalue weighted by Gasteiger charge is -2.35. The van der Waals surface area contributed by atoms with Gasteiger partial charge in [-0.3, -0.25) is 4.79 Å². The van der Waals surface area contributed by atoms with Crippen molar-refractivity contribution < 1.29 is 9.53 Å². The van der Waals surface area contributed by atoms with E-state index in [1.807, 2.05) is 6.92 Å². The van der Waals surface area contributed by atoms with Crippen LogP contribution in [0.15, 0.2) is 12.3 Å². The zero-order valence-electron chi connectivity index (χ0n) is 9.32. The Morgan fingerprint density at radius 3 is 3.00 bits per heavy atom. The summed E-state index contributed by atoms with van der Waals surface area (Å²) in [6, 6.07) is 1.86. The number of aromatic amines is 1. The molecule has 0 radical (unpaired) electrons. The Hall–Kier alpha value is -1.49. The SMILES string of the molecule is CCOC1CC(NC(=O)c2cc(N)c[nH]2)C1. The summed E-state index contributed by atoms with van der Waals surface area (Å²) < 4.78 is 5.42. The number of nitrogens with one attached hydrogen (secondary N) is 2. The zero-order chi connectivity index (χ0) is 11.5. The molecule has 5 nitrogen and oxygen atoms in total. The van der Waals surface area contributed by atoms with Crippen LogP contribution in [0.1, 0.15) is 30.3 Å². The number of amides is 1. The maximum Gasteiger partial charge on any atom is 0.267 e. The van der Waals surface area contributed by atoms with Gasteiger partial charge in [-0.05, 0) is 25.8 Å². The van der Waals surface area contributed by atoms with Crippen LogP contribution in [0.2, 0.25) is 0 Å². The summed E-state index contributed by atoms with van der Waals surface area (Å²) in [5, 5.41) is 2.93. The van der Waals surface area contributed by atoms with Gasteiger partial charge in [-0.2, -0.15) is 0 Å². The molecule has 1 aromatic heterocycles. The fourth-order valence-corrected chi connectivity index (χ4v) is 1.86. The van der Waals surface area contributed by atoms with E-state index in [9.17, 15) is 4.79 Å². The van der Waals surface area contributed by atoms with Crippen LogP contribution in [0.3, 0.4) is 0 Å². The predicted octanol–water partition coefficient (Wildman–Crippen LogP) is 0.894. The second kappa shape index (κ2) is 4.57. The molecule has 1 aromatic rings. The zero-order valence-corrected chi connectivity index (χ0v) is 9.32. The third kappa shape index (κ3) is 2.36. The molecular weight excluding hydrogens is 206 g/mol. The number of hydrogen-bond donors (Lipinski definition) is 3. The largest absolute Gasteiger partial charge is 0.397 e. The first-order valence-electron chi connectivity index (χ1n) is 5.55. The first-order valence-corrected chi connectivity index (χ1v) is 5.55. The van der Waals surface area contributed by atoms with Crippen LogP contribution in [0, 0.1) is 0 Å². The van der Waals surface area contributed by atoms with Crippen LogP contribution in [0.4, 0.5) is 5.69 Å². The summed E-state index contributed by atoms with van der Waals surface area (Å²) in [6.45, 7) is 2.71. The summed E-state index contributed by atoms with van der Waals surface area (Å²) in [5.41, 5.74) is 6.61. The number of H-pyrrole nitrogens is 1. The smallest absolute Gasteiger partial charge is 0.267 e. The number of carbonyl (C=O) groups excluding carboxylic acids is 1. The maximum atomic E-state index is 11.7. The van der Waals surface area contributed by atoms with Crippen molar-refractivity contribution in [2.45, 2.75) is 31.9 Å². The second-order valence-corrected chi connectivity index (χ2v) is 4.07. The standard InChI is InChI=1S/C11H17N3O2/c1-2-16-9-4-8(5-9)14-11(15)10-3-7(12)6-13-10/h3,6,8-9,13H,2,4-5,12H2,1H3,(H,14,15). The Balaban J connectivity index is 1.77. The molecule has 0 atom stereocenters. The van der Waals surface area contributed by atoms with E-state index in [2.05, 4.69) is 10.3 Å². The molecule has 1 aliphatic carbocycles. The molecule has 88 valence electrons. The topological polar surface area (TPSA) is 80.1 Å². The van der Waals surface area contributed by atoms with Crippen molar-refractivity contribution in [3.63, 3.8) is 0 Å². The van der Waals surface area contributed by atoms with E-state index in [0.717, 1.165) is 19.4 Å². The molecule has 1 aliphatic rings. The lowest BCUT2D eigenvalue weighted by atomic mass is 9.89. The first kappa shape index (κ1) is 11.0. The van der Waals surface area contributed by atoms with Gasteiger partial charge in [0.05, 0.1) is 6.10 Å². The van der Waals surface area contributed by atoms with Gasteiger partial charge in [-0.15, -0.1) is 0 Å². The molecule has 0 unspecified atom stereocenters. The Labute approximate surface area is 94.4 Å². The second-order valence-electron chi connectivity index (χ2n) is 4.07. The molecule has 0 aromatic carbocycles. The molecule has 4 N–H and O–H groups in total. The maximum absolute atomic E-state index is 11.7. The van der Waals surface area contributed by atoms with Gasteiger partial charge in [-0.25, -0.2) is 0 Å². The van der Waals surface area contributed by atoms with Crippen LogP contribution >= 0.6 is 0 Å². The molecule has 1 fully saturated rings. The van der Waals surface area contributed by atoms with Gasteiger partial charge < -0.3 is 20.8 Å². The van der Waals surface area contributed by atoms with Crippen LogP contribution in [-0.4, -0.2) is 29.6 Å². The number of nitrogen functional groups attached to an aromatic ring is 1. The summed E-state index contributed by atoms with van der Waals surface area (Å²) in [4.78, 5) is 14.5. The number of anilines is 1. The average molecular weight is 223 g/mol. The van der Waals surface area contributed by atoms with Gasteiger partial charge in [0.1, 0.15) is 5.69 Å². The van der Waals surface area contributed by atoms with E-state index >= 15 is 0 Å². The lowest BCUT2D eigenvalue weighted by molar-refractivity contribution is -0.00866. The van der Waals surface area contributed by atoms with E-state index in [-0.39, 0.29) is 11.9 Å². The van der Waals surface area contributed by atoms with Crippen molar-refractivity contribution in [3.8, 4) is 0 Å². The molecular formula is C11H17N3O2. The van der Waals surface area contributed by atoms with Gasteiger partial charge in [0, 0.05) is 24.5 Å². The van der Waals surface area contributed by atoms with E-state index in [1.165, 1.54) is 0 Å². The Bertz CT molecular complexity index is 369. The molecule has 1 amide bonds. The first-order chi connectivity index (χ1) is 7.69. The fraction of sp³-hybridized carbons (Fsp3) is 0.545. The minimum absolute atomic E-state index is 0.100. The van der Waals surface area contributed by atoms with Crippen molar-refractivity contribution in [2.75, 3.05) is 12.3 Å². The summed E-state index contributed by atoms with van der Waals surface area (Å²) in [5.74, 6) is -0.100. The summed E-state index contributed by atoms with van der Waals surface area (Å²) >= 11 is 0. The average Bonchev–Trinajstić information content (AvgIpc) is 2.61. The van der Waals surface area contributed by atoms with Gasteiger partial charge >= 0.3 is 0 Å². The van der Waals surface area contributed by atoms with E-state index < -0.39 is 0 Å². The van der Waals surface area contributed by atoms with Gasteiger partial charge in [0.15, 0.2) is 0 Å². The van der Waals surface area contributed by atoms with Crippen LogP contribution in [0.25, 0.3) is 0 Å². The number of aromatic nitrogens is 1. The normalized spacial score (nSPS) is 23.8. The lowest BCUT2D eigenvalue weighted by Crippen LogP contribution is -2.47. The van der Waals surface area contributed by atoms with Gasteiger partial charge in [0.2, 0.25) is 0 Å². The highest BCUT2D eigenvalue weighted by molar-refractivity contribution is 5.93. The van der Waals surface area contributed by atoms with Gasteiger partial charge in [0.25, 0.3) is 5.91 Å². The minimum Gasteiger partial charge on any atom is -0.397 e. The molecule has 5 heteroatoms. The Morgan fingerprint density at radius 1 is 1.69 bits per heavy atom. The van der Waals surface area contributed by atoms with Crippen LogP contribution < -0.4 is 11.1 Å². The summed E-state index contributed by atoms with van der Waals surface area (Å²) in [6.07, 6.45) is 3.72. The minimum atomic E-state index is -0.100. The van der Waals surface area contributed by atoms with Crippen LogP contribution in [-0.2, 0) is 4.74 Å². The molecule has 1 saturated carbocycles. The number of carbonyl (C=O) groups is 1. The van der Waals surface area contributed by atoms with E-state index in [0.29, 0.717) is 17.5 Å². The highest BCUT2D eigenvalue weighted by Gasteiger charge is 2.30. The van der Waals surface area contributed by atoms with Crippen molar-refractivity contribution in [3.05, 3.63) is 18.0 Å². The van der Waals surface area contributed by atoms with Crippen LogP contribution in [0.5, 0.6) is 0 Å². The summed E-state index contributed by atoms with van der Waals surface area (Å²) in [7, 11) is 0. The van der Waals surface area contributed by atoms with Crippen molar-refractivity contribution >= 4 is 11.6 Å². The number of hydrogen-bond acceptors (Lipinski definition) is 3. The van der Waals surface area contributed by atoms with Gasteiger partial charge in [-0.1, -0.05) is 0 Å². The number of rotatable bonds is 4. The number of ether oxygens (including phenoxy) is 1. The molecule has 16 heavy (non-hydrogen) atoms. The number of nitrogens with two attached hydrogens (primary N) is 1. The third-order valence-electron chi connectivity index (χ3n) is 2.78. The molecule has 0 saturated heterocycles. The molecule has 1 heterocycles. The predicted molar refractivity (Wildman–Crippen MR) is 61.1 cm³/mol. The molecule has 0 spiro atoms. The van der Waals surface area contributed by atoms with E-state index in [4.69, 9.17) is 10.5 Å². The fourth-order valence-electron chi connectivity index (χ4n) is 1.86. The van der Waals surface area contributed by atoms with Crippen molar-refractivity contribution in [1.29, 1.82) is 0 Å². The molecule has 0 bridgehead atoms. The monoisotopic (exact) mass is 223 g/mol. The van der Waals surface area contributed by atoms with E-state index in [1.54, 1.807) is 12.3 Å². The third-order valence-corrected chi connectivity index (χ3v) is 2.78. The Morgan fingerprint density at radius 2 is 2.44 bits per heavy atom. The van der Waals surface area contributed by atoms with Crippen molar-refractivity contribution in [1.82, 2.24) is 10.3 Å². The molecule has 2 rings (SSSR count). The molecule has 0 aliphatic heterocycles. The highest BCUT2D eigenvalue weighted by atomic mass is 16.5. The quantitative estimate of drug-likeness (QED) is 0.709. The highest BCUT2D eigenvalue weighted by Crippen LogP contribution is 2.23. The van der Waals surface area contributed by atoms with Crippen molar-refractivity contribution in [2.24, 2.45) is 0 Å². The Kier molecular flexibility index (Phi) is 3.14.